The molecular formula is C21H32O3. The molecule has 0 spiro atoms. The van der Waals surface area contributed by atoms with Gasteiger partial charge in [0.05, 0.1) is 5.60 Å². The van der Waals surface area contributed by atoms with Crippen LogP contribution in [0.1, 0.15) is 65.4 Å². The predicted octanol–water partition coefficient (Wildman–Crippen LogP) is 4.94. The normalized spacial score (nSPS) is 27.2. The molecule has 1 aromatic carbocycles. The van der Waals surface area contributed by atoms with Crippen LogP contribution in [0.4, 0.5) is 0 Å². The van der Waals surface area contributed by atoms with E-state index in [1.807, 2.05) is 6.92 Å². The number of aliphatic hydroxyl groups is 1. The van der Waals surface area contributed by atoms with Gasteiger partial charge >= 0.3 is 0 Å². The van der Waals surface area contributed by atoms with E-state index in [2.05, 4.69) is 26.8 Å². The van der Waals surface area contributed by atoms with Gasteiger partial charge in [-0.05, 0) is 75.5 Å². The zero-order valence-corrected chi connectivity index (χ0v) is 15.5. The van der Waals surface area contributed by atoms with Gasteiger partial charge in [0.1, 0.15) is 11.5 Å². The number of hydrogen-bond acceptors (Lipinski definition) is 3. The van der Waals surface area contributed by atoms with E-state index >= 15 is 0 Å². The lowest BCUT2D eigenvalue weighted by molar-refractivity contribution is -0.0918. The van der Waals surface area contributed by atoms with Crippen LogP contribution in [0, 0.1) is 11.3 Å². The van der Waals surface area contributed by atoms with Gasteiger partial charge in [0.25, 0.3) is 0 Å². The van der Waals surface area contributed by atoms with Crippen LogP contribution >= 0.6 is 0 Å². The molecule has 3 heteroatoms. The largest absolute Gasteiger partial charge is 0.508 e. The highest BCUT2D eigenvalue weighted by Crippen LogP contribution is 2.48. The Bertz CT molecular complexity index is 583. The minimum absolute atomic E-state index is 0.172. The molecule has 3 nitrogen and oxygen atoms in total. The molecule has 0 unspecified atom stereocenters. The van der Waals surface area contributed by atoms with Gasteiger partial charge in [-0.1, -0.05) is 31.9 Å². The molecule has 2 atom stereocenters. The molecule has 0 amide bonds. The average Bonchev–Trinajstić information content (AvgIpc) is 2.46. The maximum Gasteiger partial charge on any atom is 0.119 e. The average molecular weight is 332 g/mol. The summed E-state index contributed by atoms with van der Waals surface area (Å²) in [6.07, 6.45) is 7.81. The third kappa shape index (κ3) is 4.54. The molecule has 0 radical (unpaired) electrons. The Kier molecular flexibility index (Phi) is 5.64. The molecule has 24 heavy (non-hydrogen) atoms. The fraction of sp³-hybridized carbons (Fsp3) is 0.619. The summed E-state index contributed by atoms with van der Waals surface area (Å²) in [5.74, 6) is 0.693. The quantitative estimate of drug-likeness (QED) is 0.528. The first-order chi connectivity index (χ1) is 11.1. The molecule has 1 aliphatic rings. The molecular weight excluding hydrogens is 300 g/mol. The van der Waals surface area contributed by atoms with Gasteiger partial charge in [-0.15, -0.1) is 0 Å². The van der Waals surface area contributed by atoms with Crippen molar-refractivity contribution in [3.8, 4) is 11.5 Å². The summed E-state index contributed by atoms with van der Waals surface area (Å²) in [5.41, 5.74) is 1.59. The number of phenolic OH excluding ortho intramolecular Hbond substituents is 2. The van der Waals surface area contributed by atoms with E-state index in [1.165, 1.54) is 24.1 Å². The molecule has 2 rings (SSSR count). The molecule has 0 aromatic heterocycles. The van der Waals surface area contributed by atoms with Gasteiger partial charge in [-0.2, -0.15) is 0 Å². The molecule has 0 heterocycles. The standard InChI is InChI=1S/C21H32O3/c1-15(6-8-16-14-17(22)9-10-18(16)23)7-11-19-20(2,3)12-5-13-21(19,4)24/h6,9-10,14,19,22-24H,5,7-8,11-13H2,1-4H3/b15-6+/t19-,21-/m1/s1. The van der Waals surface area contributed by atoms with Crippen LogP contribution in [0.2, 0.25) is 0 Å². The van der Waals surface area contributed by atoms with Crippen LogP contribution in [-0.2, 0) is 6.42 Å². The van der Waals surface area contributed by atoms with E-state index < -0.39 is 5.60 Å². The summed E-state index contributed by atoms with van der Waals surface area (Å²) in [6, 6.07) is 4.62. The van der Waals surface area contributed by atoms with Gasteiger partial charge in [0.15, 0.2) is 0 Å². The third-order valence-electron chi connectivity index (χ3n) is 5.76. The number of benzene rings is 1. The van der Waals surface area contributed by atoms with Crippen LogP contribution in [0.25, 0.3) is 0 Å². The van der Waals surface area contributed by atoms with Crippen LogP contribution in [0.5, 0.6) is 11.5 Å². The minimum atomic E-state index is -0.578. The van der Waals surface area contributed by atoms with Crippen molar-refractivity contribution in [1.82, 2.24) is 0 Å². The molecule has 0 bridgehead atoms. The summed E-state index contributed by atoms with van der Waals surface area (Å²) >= 11 is 0. The molecule has 0 saturated heterocycles. The number of phenols is 2. The van der Waals surface area contributed by atoms with Crippen molar-refractivity contribution in [3.05, 3.63) is 35.4 Å². The highest BCUT2D eigenvalue weighted by Gasteiger charge is 2.44. The first-order valence-corrected chi connectivity index (χ1v) is 9.01. The van der Waals surface area contributed by atoms with Gasteiger partial charge in [-0.25, -0.2) is 0 Å². The summed E-state index contributed by atoms with van der Waals surface area (Å²) in [5, 5.41) is 30.2. The Morgan fingerprint density at radius 3 is 2.58 bits per heavy atom. The summed E-state index contributed by atoms with van der Waals surface area (Å²) in [6.45, 7) is 8.64. The Labute approximate surface area is 146 Å². The first-order valence-electron chi connectivity index (χ1n) is 9.01. The lowest BCUT2D eigenvalue weighted by Crippen LogP contribution is -2.46. The number of aromatic hydroxyl groups is 2. The van der Waals surface area contributed by atoms with Crippen LogP contribution < -0.4 is 0 Å². The first kappa shape index (κ1) is 18.9. The van der Waals surface area contributed by atoms with Crippen molar-refractivity contribution in [2.24, 2.45) is 11.3 Å². The fourth-order valence-corrected chi connectivity index (χ4v) is 4.29. The number of allylic oxidation sites excluding steroid dienone is 2. The lowest BCUT2D eigenvalue weighted by atomic mass is 9.60. The van der Waals surface area contributed by atoms with Crippen LogP contribution in [0.3, 0.4) is 0 Å². The van der Waals surface area contributed by atoms with Gasteiger partial charge in [-0.3, -0.25) is 0 Å². The summed E-state index contributed by atoms with van der Waals surface area (Å²) < 4.78 is 0. The zero-order chi connectivity index (χ0) is 18.0. The Morgan fingerprint density at radius 1 is 1.21 bits per heavy atom. The topological polar surface area (TPSA) is 60.7 Å². The van der Waals surface area contributed by atoms with Crippen molar-refractivity contribution < 1.29 is 15.3 Å². The minimum Gasteiger partial charge on any atom is -0.508 e. The zero-order valence-electron chi connectivity index (χ0n) is 15.5. The van der Waals surface area contributed by atoms with Crippen molar-refractivity contribution in [3.63, 3.8) is 0 Å². The van der Waals surface area contributed by atoms with Gasteiger partial charge in [0.2, 0.25) is 0 Å². The SMILES string of the molecule is C/C(=C\Cc1cc(O)ccc1O)CC[C@@H]1C(C)(C)CCC[C@@]1(C)O. The van der Waals surface area contributed by atoms with Crippen molar-refractivity contribution >= 4 is 0 Å². The van der Waals surface area contributed by atoms with E-state index in [1.54, 1.807) is 6.07 Å². The summed E-state index contributed by atoms with van der Waals surface area (Å²) in [7, 11) is 0. The van der Waals surface area contributed by atoms with E-state index in [0.29, 0.717) is 12.3 Å². The third-order valence-corrected chi connectivity index (χ3v) is 5.76. The van der Waals surface area contributed by atoms with Gasteiger partial charge in [0, 0.05) is 5.56 Å². The van der Waals surface area contributed by atoms with E-state index in [-0.39, 0.29) is 16.9 Å². The second-order valence-corrected chi connectivity index (χ2v) is 8.36. The Morgan fingerprint density at radius 2 is 1.92 bits per heavy atom. The molecule has 0 aliphatic heterocycles. The Hall–Kier alpha value is -1.48. The van der Waals surface area contributed by atoms with E-state index in [9.17, 15) is 15.3 Å². The molecule has 1 fully saturated rings. The smallest absolute Gasteiger partial charge is 0.119 e. The predicted molar refractivity (Wildman–Crippen MR) is 98.2 cm³/mol. The monoisotopic (exact) mass is 332 g/mol. The molecule has 1 aromatic rings. The highest BCUT2D eigenvalue weighted by molar-refractivity contribution is 5.39. The highest BCUT2D eigenvalue weighted by atomic mass is 16.3. The Balaban J connectivity index is 1.98. The molecule has 1 aliphatic carbocycles. The lowest BCUT2D eigenvalue weighted by Gasteiger charge is -2.48. The van der Waals surface area contributed by atoms with Crippen LogP contribution in [0.15, 0.2) is 29.8 Å². The van der Waals surface area contributed by atoms with E-state index in [4.69, 9.17) is 0 Å². The van der Waals surface area contributed by atoms with Gasteiger partial charge < -0.3 is 15.3 Å². The van der Waals surface area contributed by atoms with Crippen molar-refractivity contribution in [1.29, 1.82) is 0 Å². The number of rotatable bonds is 5. The fourth-order valence-electron chi connectivity index (χ4n) is 4.29. The second-order valence-electron chi connectivity index (χ2n) is 8.36. The van der Waals surface area contributed by atoms with Crippen LogP contribution in [-0.4, -0.2) is 20.9 Å². The molecule has 3 N–H and O–H groups in total. The molecule has 1 saturated carbocycles. The molecule has 134 valence electrons. The summed E-state index contributed by atoms with van der Waals surface area (Å²) in [4.78, 5) is 0. The van der Waals surface area contributed by atoms with Crippen molar-refractivity contribution in [2.75, 3.05) is 0 Å². The van der Waals surface area contributed by atoms with E-state index in [0.717, 1.165) is 31.2 Å². The van der Waals surface area contributed by atoms with Crippen molar-refractivity contribution in [2.45, 2.75) is 71.8 Å². The number of hydrogen-bond donors (Lipinski definition) is 3. The second kappa shape index (κ2) is 7.18. The maximum atomic E-state index is 10.8. The maximum absolute atomic E-state index is 10.8.